The van der Waals surface area contributed by atoms with E-state index >= 15 is 0 Å². The van der Waals surface area contributed by atoms with Crippen LogP contribution >= 0.6 is 0 Å². The van der Waals surface area contributed by atoms with E-state index in [1.165, 1.54) is 37.5 Å². The number of aryl methyl sites for hydroxylation is 2. The van der Waals surface area contributed by atoms with Crippen molar-refractivity contribution in [3.8, 4) is 5.75 Å². The number of para-hydroxylation sites is 1. The molecule has 0 unspecified atom stereocenters. The fourth-order valence-corrected chi connectivity index (χ4v) is 5.98. The number of amides is 2. The smallest absolute Gasteiger partial charge is 0.275 e. The number of benzene rings is 1. The SMILES string of the molecule is Cc1noc(C)c1S(=O)(=O)N(C)C[C@H]1Oc2c(NC(=O)c3cnccn3)cccc2C(=O)N([C@@H](C)CO)C[C@H]1C. The second kappa shape index (κ2) is 11.7. The number of aliphatic hydroxyl groups excluding tert-OH is 1. The van der Waals surface area contributed by atoms with Crippen molar-refractivity contribution >= 4 is 27.5 Å². The van der Waals surface area contributed by atoms with E-state index < -0.39 is 34.0 Å². The van der Waals surface area contributed by atoms with Gasteiger partial charge in [0.1, 0.15) is 22.4 Å². The van der Waals surface area contributed by atoms with Crippen LogP contribution in [0.4, 0.5) is 5.69 Å². The Morgan fingerprint density at radius 3 is 2.67 bits per heavy atom. The molecule has 0 saturated carbocycles. The molecular weight excluding hydrogens is 540 g/mol. The van der Waals surface area contributed by atoms with Crippen LogP contribution in [0.2, 0.25) is 0 Å². The van der Waals surface area contributed by atoms with Gasteiger partial charge in [0.25, 0.3) is 11.8 Å². The van der Waals surface area contributed by atoms with Gasteiger partial charge < -0.3 is 24.6 Å². The Labute approximate surface area is 232 Å². The Morgan fingerprint density at radius 2 is 2.05 bits per heavy atom. The van der Waals surface area contributed by atoms with Crippen molar-refractivity contribution in [1.82, 2.24) is 24.3 Å². The number of sulfonamides is 1. The van der Waals surface area contributed by atoms with Gasteiger partial charge in [-0.2, -0.15) is 4.31 Å². The van der Waals surface area contributed by atoms with Crippen LogP contribution in [-0.2, 0) is 10.0 Å². The Morgan fingerprint density at radius 1 is 1.30 bits per heavy atom. The largest absolute Gasteiger partial charge is 0.486 e. The topological polar surface area (TPSA) is 168 Å². The van der Waals surface area contributed by atoms with E-state index in [-0.39, 0.29) is 64.7 Å². The van der Waals surface area contributed by atoms with Gasteiger partial charge in [-0.1, -0.05) is 18.1 Å². The number of fused-ring (bicyclic) bond motifs is 1. The van der Waals surface area contributed by atoms with Gasteiger partial charge >= 0.3 is 0 Å². The number of carbonyl (C=O) groups is 2. The average molecular weight is 573 g/mol. The quantitative estimate of drug-likeness (QED) is 0.406. The molecular formula is C26H32N6O7S. The van der Waals surface area contributed by atoms with Gasteiger partial charge in [0, 0.05) is 31.9 Å². The van der Waals surface area contributed by atoms with Crippen LogP contribution in [-0.4, -0.2) is 88.6 Å². The van der Waals surface area contributed by atoms with E-state index in [4.69, 9.17) is 9.26 Å². The maximum atomic E-state index is 13.6. The van der Waals surface area contributed by atoms with E-state index in [0.29, 0.717) is 0 Å². The van der Waals surface area contributed by atoms with Crippen LogP contribution in [0.1, 0.15) is 46.1 Å². The summed E-state index contributed by atoms with van der Waals surface area (Å²) >= 11 is 0. The molecule has 1 aliphatic rings. The number of likely N-dealkylation sites (N-methyl/N-ethyl adjacent to an activating group) is 1. The van der Waals surface area contributed by atoms with Crippen molar-refractivity contribution in [1.29, 1.82) is 0 Å². The number of rotatable bonds is 8. The first-order valence-corrected chi connectivity index (χ1v) is 14.1. The lowest BCUT2D eigenvalue weighted by atomic mass is 9.99. The van der Waals surface area contributed by atoms with Gasteiger partial charge in [-0.15, -0.1) is 0 Å². The van der Waals surface area contributed by atoms with Gasteiger partial charge in [-0.05, 0) is 32.9 Å². The first kappa shape index (κ1) is 29.1. The molecule has 13 nitrogen and oxygen atoms in total. The summed E-state index contributed by atoms with van der Waals surface area (Å²) in [7, 11) is -2.57. The molecule has 0 saturated heterocycles. The zero-order valence-corrected chi connectivity index (χ0v) is 23.7. The van der Waals surface area contributed by atoms with Crippen LogP contribution in [0.5, 0.6) is 5.75 Å². The van der Waals surface area contributed by atoms with Crippen molar-refractivity contribution in [2.75, 3.05) is 32.1 Å². The highest BCUT2D eigenvalue weighted by molar-refractivity contribution is 7.89. The van der Waals surface area contributed by atoms with E-state index in [1.54, 1.807) is 32.0 Å². The Bertz CT molecular complexity index is 1470. The molecule has 1 aliphatic heterocycles. The fraction of sp³-hybridized carbons (Fsp3) is 0.423. The number of hydrogen-bond acceptors (Lipinski definition) is 10. The Hall–Kier alpha value is -3.88. The molecule has 3 aromatic rings. The van der Waals surface area contributed by atoms with Crippen LogP contribution in [0.15, 0.2) is 46.2 Å². The normalized spacial score (nSPS) is 18.5. The lowest BCUT2D eigenvalue weighted by Crippen LogP contribution is -2.50. The van der Waals surface area contributed by atoms with Crippen LogP contribution in [0.25, 0.3) is 0 Å². The molecule has 2 amide bonds. The summed E-state index contributed by atoms with van der Waals surface area (Å²) < 4.78 is 39.5. The molecule has 40 heavy (non-hydrogen) atoms. The first-order valence-electron chi connectivity index (χ1n) is 12.6. The number of aromatic nitrogens is 3. The molecule has 2 aromatic heterocycles. The Kier molecular flexibility index (Phi) is 8.51. The third-order valence-corrected chi connectivity index (χ3v) is 8.88. The number of nitrogens with zero attached hydrogens (tertiary/aromatic N) is 5. The van der Waals surface area contributed by atoms with Crippen molar-refractivity contribution in [2.24, 2.45) is 5.92 Å². The molecule has 214 valence electrons. The summed E-state index contributed by atoms with van der Waals surface area (Å²) in [6, 6.07) is 4.21. The highest BCUT2D eigenvalue weighted by atomic mass is 32.2. The number of hydrogen-bond donors (Lipinski definition) is 2. The number of ether oxygens (including phenoxy) is 1. The monoisotopic (exact) mass is 572 g/mol. The molecule has 0 aliphatic carbocycles. The van der Waals surface area contributed by atoms with Crippen LogP contribution < -0.4 is 10.1 Å². The number of aliphatic hydroxyl groups is 1. The molecule has 2 N–H and O–H groups in total. The van der Waals surface area contributed by atoms with Crippen molar-refractivity contribution in [3.05, 3.63) is 59.5 Å². The summed E-state index contributed by atoms with van der Waals surface area (Å²) in [4.78, 5) is 36.0. The lowest BCUT2D eigenvalue weighted by molar-refractivity contribution is 0.0388. The maximum Gasteiger partial charge on any atom is 0.275 e. The first-order chi connectivity index (χ1) is 18.9. The highest BCUT2D eigenvalue weighted by Crippen LogP contribution is 2.35. The van der Waals surface area contributed by atoms with Crippen molar-refractivity contribution < 1.29 is 32.4 Å². The minimum Gasteiger partial charge on any atom is -0.486 e. The number of anilines is 1. The molecule has 0 spiro atoms. The average Bonchev–Trinajstić information content (AvgIpc) is 3.29. The molecule has 0 bridgehead atoms. The fourth-order valence-electron chi connectivity index (χ4n) is 4.51. The second-order valence-corrected chi connectivity index (χ2v) is 11.8. The molecule has 3 heterocycles. The van der Waals surface area contributed by atoms with E-state index in [1.807, 2.05) is 6.92 Å². The van der Waals surface area contributed by atoms with E-state index in [9.17, 15) is 23.1 Å². The van der Waals surface area contributed by atoms with Gasteiger partial charge in [-0.3, -0.25) is 14.6 Å². The summed E-state index contributed by atoms with van der Waals surface area (Å²) in [5.41, 5.74) is 0.658. The zero-order chi connectivity index (χ0) is 29.2. The highest BCUT2D eigenvalue weighted by Gasteiger charge is 2.37. The Balaban J connectivity index is 1.74. The molecule has 1 aromatic carbocycles. The lowest BCUT2D eigenvalue weighted by Gasteiger charge is -2.38. The number of carbonyl (C=O) groups excluding carboxylic acids is 2. The molecule has 4 rings (SSSR count). The third kappa shape index (κ3) is 5.69. The molecule has 3 atom stereocenters. The van der Waals surface area contributed by atoms with Crippen LogP contribution in [0, 0.1) is 19.8 Å². The predicted octanol–water partition coefficient (Wildman–Crippen LogP) is 1.87. The third-order valence-electron chi connectivity index (χ3n) is 6.81. The van der Waals surface area contributed by atoms with Gasteiger partial charge in [0.05, 0.1) is 36.6 Å². The predicted molar refractivity (Wildman–Crippen MR) is 143 cm³/mol. The maximum absolute atomic E-state index is 13.6. The summed E-state index contributed by atoms with van der Waals surface area (Å²) in [5, 5.41) is 16.4. The minimum absolute atomic E-state index is 0.0171. The summed E-state index contributed by atoms with van der Waals surface area (Å²) in [5.74, 6) is -1.09. The van der Waals surface area contributed by atoms with E-state index in [0.717, 1.165) is 4.31 Å². The molecule has 14 heteroatoms. The number of nitrogens with one attached hydrogen (secondary N) is 1. The van der Waals surface area contributed by atoms with Gasteiger partial charge in [-0.25, -0.2) is 13.4 Å². The molecule has 0 fully saturated rings. The summed E-state index contributed by atoms with van der Waals surface area (Å²) in [6.07, 6.45) is 3.37. The minimum atomic E-state index is -4.00. The van der Waals surface area contributed by atoms with Crippen molar-refractivity contribution in [2.45, 2.75) is 44.7 Å². The second-order valence-electron chi connectivity index (χ2n) is 9.79. The van der Waals surface area contributed by atoms with E-state index in [2.05, 4.69) is 20.4 Å². The van der Waals surface area contributed by atoms with Crippen molar-refractivity contribution in [3.63, 3.8) is 0 Å². The summed E-state index contributed by atoms with van der Waals surface area (Å²) in [6.45, 7) is 6.45. The van der Waals surface area contributed by atoms with Crippen LogP contribution in [0.3, 0.4) is 0 Å². The standard InChI is InChI=1S/C26H32N6O7S/c1-15-12-32(16(2)14-33)26(35)19-7-6-8-20(29-25(34)21-11-27-9-10-28-21)23(19)38-22(15)13-31(5)40(36,37)24-17(3)30-39-18(24)4/h6-11,15-16,22,33H,12-14H2,1-5H3,(H,29,34)/t15-,16+,22-/m1/s1. The zero-order valence-electron chi connectivity index (χ0n) is 22.9. The van der Waals surface area contributed by atoms with Gasteiger partial charge in [0.15, 0.2) is 11.5 Å². The van der Waals surface area contributed by atoms with Gasteiger partial charge in [0.2, 0.25) is 10.0 Å². The molecule has 0 radical (unpaired) electrons.